The summed E-state index contributed by atoms with van der Waals surface area (Å²) in [5.74, 6) is 1.34. The van der Waals surface area contributed by atoms with Crippen LogP contribution in [0.15, 0.2) is 82.9 Å². The highest BCUT2D eigenvalue weighted by Crippen LogP contribution is 2.31. The number of ether oxygens (including phenoxy) is 3. The van der Waals surface area contributed by atoms with Crippen LogP contribution in [0.2, 0.25) is 0 Å². The van der Waals surface area contributed by atoms with Gasteiger partial charge in [0.2, 0.25) is 5.90 Å². The smallest absolute Gasteiger partial charge is 0.266 e. The summed E-state index contributed by atoms with van der Waals surface area (Å²) >= 11 is 0. The van der Waals surface area contributed by atoms with Crippen LogP contribution in [0.5, 0.6) is 11.5 Å². The monoisotopic (exact) mass is 530 g/mol. The van der Waals surface area contributed by atoms with Gasteiger partial charge in [-0.3, -0.25) is 10.2 Å². The number of nitrogens with zero attached hydrogens (tertiary/aromatic N) is 4. The molecule has 202 valence electrons. The summed E-state index contributed by atoms with van der Waals surface area (Å²) in [4.78, 5) is 21.3. The molecular formula is C28H30N6O5. The molecule has 0 bridgehead atoms. The van der Waals surface area contributed by atoms with Crippen LogP contribution in [0, 0.1) is 0 Å². The molecule has 1 aliphatic rings. The van der Waals surface area contributed by atoms with Crippen molar-refractivity contribution in [1.82, 2.24) is 10.9 Å². The number of azide groups is 1. The zero-order valence-electron chi connectivity index (χ0n) is 21.5. The number of benzene rings is 3. The number of hydrogen-bond acceptors (Lipinski definition) is 8. The number of carbonyl (C=O) groups excluding carboxylic acids is 1. The second-order valence-corrected chi connectivity index (χ2v) is 8.84. The Labute approximate surface area is 226 Å². The normalized spacial score (nSPS) is 16.0. The fourth-order valence-corrected chi connectivity index (χ4v) is 4.04. The molecule has 3 aromatic rings. The molecule has 3 N–H and O–H groups in total. The Balaban J connectivity index is 1.55. The highest BCUT2D eigenvalue weighted by atomic mass is 16.5. The van der Waals surface area contributed by atoms with Crippen molar-refractivity contribution in [2.75, 3.05) is 26.9 Å². The predicted octanol–water partition coefficient (Wildman–Crippen LogP) is 3.98. The minimum atomic E-state index is -1.31. The van der Waals surface area contributed by atoms with E-state index < -0.39 is 5.54 Å². The van der Waals surface area contributed by atoms with Crippen LogP contribution in [-0.4, -0.2) is 49.4 Å². The van der Waals surface area contributed by atoms with Crippen LogP contribution in [0.3, 0.4) is 0 Å². The van der Waals surface area contributed by atoms with E-state index in [1.165, 1.54) is 0 Å². The Morgan fingerprint density at radius 1 is 1.13 bits per heavy atom. The third-order valence-electron chi connectivity index (χ3n) is 6.14. The highest BCUT2D eigenvalue weighted by molar-refractivity contribution is 6.00. The quantitative estimate of drug-likeness (QED) is 0.100. The van der Waals surface area contributed by atoms with Gasteiger partial charge in [0, 0.05) is 42.2 Å². The Kier molecular flexibility index (Phi) is 9.36. The topological polar surface area (TPSA) is 150 Å². The maximum atomic E-state index is 13.6. The van der Waals surface area contributed by atoms with Gasteiger partial charge in [-0.2, -0.15) is 0 Å². The number of aliphatic hydroxyl groups is 1. The number of hydrazine groups is 1. The lowest BCUT2D eigenvalue weighted by atomic mass is 9.91. The number of amides is 1. The van der Waals surface area contributed by atoms with Gasteiger partial charge in [-0.15, -0.1) is 0 Å². The van der Waals surface area contributed by atoms with Crippen LogP contribution in [0.1, 0.15) is 23.1 Å². The van der Waals surface area contributed by atoms with E-state index in [9.17, 15) is 4.79 Å². The summed E-state index contributed by atoms with van der Waals surface area (Å²) in [7, 11) is 1.60. The Hall–Kier alpha value is -4.57. The number of hydrogen-bond donors (Lipinski definition) is 3. The number of carbonyl (C=O) groups is 1. The van der Waals surface area contributed by atoms with Crippen molar-refractivity contribution in [3.05, 3.63) is 99.9 Å². The Morgan fingerprint density at radius 2 is 1.87 bits per heavy atom. The average molecular weight is 531 g/mol. The molecule has 39 heavy (non-hydrogen) atoms. The molecule has 0 saturated carbocycles. The summed E-state index contributed by atoms with van der Waals surface area (Å²) in [6, 6.07) is 21.7. The minimum Gasteiger partial charge on any atom is -0.497 e. The van der Waals surface area contributed by atoms with E-state index in [-0.39, 0.29) is 25.5 Å². The van der Waals surface area contributed by atoms with Crippen molar-refractivity contribution >= 4 is 17.5 Å². The molecule has 0 fully saturated rings. The molecule has 0 saturated heterocycles. The first-order valence-corrected chi connectivity index (χ1v) is 12.4. The molecule has 0 aliphatic carbocycles. The lowest BCUT2D eigenvalue weighted by Gasteiger charge is -2.24. The van der Waals surface area contributed by atoms with Crippen LogP contribution < -0.4 is 20.3 Å². The van der Waals surface area contributed by atoms with Crippen LogP contribution >= 0.6 is 0 Å². The third-order valence-corrected chi connectivity index (χ3v) is 6.14. The van der Waals surface area contributed by atoms with Crippen molar-refractivity contribution in [1.29, 1.82) is 0 Å². The maximum absolute atomic E-state index is 13.6. The fraction of sp³-hybridized carbons (Fsp3) is 0.286. The third kappa shape index (κ3) is 7.05. The van der Waals surface area contributed by atoms with Gasteiger partial charge < -0.3 is 19.3 Å². The molecule has 1 amide bonds. The van der Waals surface area contributed by atoms with Gasteiger partial charge >= 0.3 is 0 Å². The van der Waals surface area contributed by atoms with E-state index in [4.69, 9.17) is 29.8 Å². The van der Waals surface area contributed by atoms with Crippen LogP contribution in [0.4, 0.5) is 5.69 Å². The SMILES string of the molecule is COc1ccc(CNNC(=O)[C@]2(Cc3ccccc3N=[N+]=[N-])COC(c3ccc(OCCCO)cc3)=N2)cc1. The lowest BCUT2D eigenvalue weighted by molar-refractivity contribution is -0.127. The number of nitrogens with one attached hydrogen (secondary N) is 2. The molecule has 11 heteroatoms. The van der Waals surface area contributed by atoms with Gasteiger partial charge in [-0.25, -0.2) is 10.4 Å². The van der Waals surface area contributed by atoms with E-state index >= 15 is 0 Å². The summed E-state index contributed by atoms with van der Waals surface area (Å²) in [6.07, 6.45) is 0.698. The Bertz CT molecular complexity index is 1340. The van der Waals surface area contributed by atoms with Gasteiger partial charge in [-0.1, -0.05) is 41.5 Å². The van der Waals surface area contributed by atoms with Gasteiger partial charge in [0.1, 0.15) is 18.1 Å². The second-order valence-electron chi connectivity index (χ2n) is 8.84. The van der Waals surface area contributed by atoms with Crippen molar-refractivity contribution in [3.8, 4) is 11.5 Å². The van der Waals surface area contributed by atoms with Gasteiger partial charge in [0.15, 0.2) is 5.54 Å². The largest absolute Gasteiger partial charge is 0.497 e. The molecule has 1 atom stereocenters. The lowest BCUT2D eigenvalue weighted by Crippen LogP contribution is -2.52. The molecule has 1 aliphatic heterocycles. The van der Waals surface area contributed by atoms with E-state index in [2.05, 4.69) is 20.9 Å². The van der Waals surface area contributed by atoms with Crippen LogP contribution in [0.25, 0.3) is 10.4 Å². The number of aliphatic hydroxyl groups excluding tert-OH is 1. The van der Waals surface area contributed by atoms with E-state index in [1.807, 2.05) is 30.3 Å². The first kappa shape index (κ1) is 27.5. The molecule has 3 aromatic carbocycles. The molecule has 1 heterocycles. The predicted molar refractivity (Wildman–Crippen MR) is 146 cm³/mol. The van der Waals surface area contributed by atoms with E-state index in [1.54, 1.807) is 49.6 Å². The minimum absolute atomic E-state index is 0.00225. The van der Waals surface area contributed by atoms with E-state index in [0.29, 0.717) is 48.0 Å². The number of rotatable bonds is 13. The standard InChI is InChI=1S/C28H30N6O5/c1-37-23-11-7-20(8-12-23)18-30-33-27(36)28(17-22-5-2-3-6-25(22)32-34-29)19-39-26(31-28)21-9-13-24(14-10-21)38-16-4-15-35/h2-3,5-14,30,35H,4,15-19H2,1H3,(H,33,36)/t28-/m0/s1. The summed E-state index contributed by atoms with van der Waals surface area (Å²) in [5, 5.41) is 12.7. The first-order valence-electron chi connectivity index (χ1n) is 12.4. The van der Waals surface area contributed by atoms with Crippen molar-refractivity contribution < 1.29 is 24.1 Å². The van der Waals surface area contributed by atoms with Gasteiger partial charge in [0.05, 0.1) is 13.7 Å². The molecule has 0 unspecified atom stereocenters. The van der Waals surface area contributed by atoms with Crippen LogP contribution in [-0.2, 0) is 22.5 Å². The highest BCUT2D eigenvalue weighted by Gasteiger charge is 2.45. The molecule has 0 spiro atoms. The summed E-state index contributed by atoms with van der Waals surface area (Å²) in [6.45, 7) is 0.851. The molecule has 4 rings (SSSR count). The number of aliphatic imine (C=N–C) groups is 1. The van der Waals surface area contributed by atoms with Gasteiger partial charge in [-0.05, 0) is 53.1 Å². The second kappa shape index (κ2) is 13.3. The summed E-state index contributed by atoms with van der Waals surface area (Å²) < 4.78 is 16.7. The fourth-order valence-electron chi connectivity index (χ4n) is 4.04. The van der Waals surface area contributed by atoms with Gasteiger partial charge in [0.25, 0.3) is 5.91 Å². The van der Waals surface area contributed by atoms with Crippen molar-refractivity contribution in [2.45, 2.75) is 24.9 Å². The van der Waals surface area contributed by atoms with Crippen molar-refractivity contribution in [2.24, 2.45) is 10.1 Å². The first-order chi connectivity index (χ1) is 19.1. The maximum Gasteiger partial charge on any atom is 0.266 e. The van der Waals surface area contributed by atoms with E-state index in [0.717, 1.165) is 11.3 Å². The van der Waals surface area contributed by atoms with Crippen molar-refractivity contribution in [3.63, 3.8) is 0 Å². The molecule has 0 radical (unpaired) electrons. The Morgan fingerprint density at radius 3 is 2.59 bits per heavy atom. The summed E-state index contributed by atoms with van der Waals surface area (Å²) in [5.41, 5.74) is 16.2. The molecule has 0 aromatic heterocycles. The molecule has 11 nitrogen and oxygen atoms in total. The zero-order chi connectivity index (χ0) is 27.5. The zero-order valence-corrected chi connectivity index (χ0v) is 21.5. The molecular weight excluding hydrogens is 500 g/mol. The number of methoxy groups -OCH3 is 1. The average Bonchev–Trinajstić information content (AvgIpc) is 3.40.